The lowest BCUT2D eigenvalue weighted by Gasteiger charge is -2.35. The molecule has 0 amide bonds. The molecule has 2 aromatic rings. The second-order valence-electron chi connectivity index (χ2n) is 6.04. The fourth-order valence-corrected chi connectivity index (χ4v) is 3.21. The second kappa shape index (κ2) is 4.97. The van der Waals surface area contributed by atoms with E-state index in [0.717, 1.165) is 5.69 Å². The van der Waals surface area contributed by atoms with E-state index in [2.05, 4.69) is 55.2 Å². The first-order valence-electron chi connectivity index (χ1n) is 7.46. The molecule has 0 bridgehead atoms. The van der Waals surface area contributed by atoms with Gasteiger partial charge in [0.1, 0.15) is 0 Å². The van der Waals surface area contributed by atoms with Crippen molar-refractivity contribution in [2.24, 2.45) is 7.05 Å². The molecule has 0 spiro atoms. The molecule has 0 saturated heterocycles. The molecule has 1 aromatic heterocycles. The van der Waals surface area contributed by atoms with Crippen molar-refractivity contribution in [1.29, 1.82) is 0 Å². The Morgan fingerprint density at radius 3 is 2.70 bits per heavy atom. The Labute approximate surface area is 121 Å². The highest BCUT2D eigenvalue weighted by molar-refractivity contribution is 5.71. The molecule has 1 aliphatic heterocycles. The fourth-order valence-electron chi connectivity index (χ4n) is 3.21. The van der Waals surface area contributed by atoms with Gasteiger partial charge in [-0.15, -0.1) is 0 Å². The van der Waals surface area contributed by atoms with E-state index >= 15 is 0 Å². The zero-order chi connectivity index (χ0) is 14.3. The highest BCUT2D eigenvalue weighted by Gasteiger charge is 2.19. The van der Waals surface area contributed by atoms with E-state index in [-0.39, 0.29) is 0 Å². The molecule has 1 aliphatic rings. The summed E-state index contributed by atoms with van der Waals surface area (Å²) in [7, 11) is 1.98. The predicted molar refractivity (Wildman–Crippen MR) is 84.2 cm³/mol. The number of benzene rings is 1. The Bertz CT molecular complexity index is 625. The van der Waals surface area contributed by atoms with Crippen molar-refractivity contribution in [2.45, 2.75) is 39.7 Å². The Morgan fingerprint density at radius 1 is 1.25 bits per heavy atom. The average molecular weight is 269 g/mol. The van der Waals surface area contributed by atoms with Crippen LogP contribution in [0, 0.1) is 6.92 Å². The molecule has 0 unspecified atom stereocenters. The third-order valence-electron chi connectivity index (χ3n) is 4.18. The number of aryl methyl sites for hydroxylation is 3. The summed E-state index contributed by atoms with van der Waals surface area (Å²) in [4.78, 5) is 2.51. The number of fused-ring (bicyclic) bond motifs is 1. The Hall–Kier alpha value is -1.77. The summed E-state index contributed by atoms with van der Waals surface area (Å²) in [5.41, 5.74) is 6.53. The number of aromatic nitrogens is 2. The molecule has 0 fully saturated rings. The summed E-state index contributed by atoms with van der Waals surface area (Å²) in [5.74, 6) is 0. The summed E-state index contributed by atoms with van der Waals surface area (Å²) in [6.45, 7) is 7.80. The first-order chi connectivity index (χ1) is 9.56. The van der Waals surface area contributed by atoms with Crippen molar-refractivity contribution in [3.05, 3.63) is 35.7 Å². The lowest BCUT2D eigenvalue weighted by atomic mass is 9.96. The van der Waals surface area contributed by atoms with Crippen LogP contribution >= 0.6 is 0 Å². The standard InChI is InChI=1S/C17H23N3/c1-12(2)20-9-5-6-15-10-14(7-8-17(15)20)16-11-19(4)18-13(16)3/h7-8,10-12H,5-6,9H2,1-4H3. The number of rotatable bonds is 2. The number of hydrogen-bond donors (Lipinski definition) is 0. The monoisotopic (exact) mass is 269 g/mol. The lowest BCUT2D eigenvalue weighted by molar-refractivity contribution is 0.626. The SMILES string of the molecule is Cc1nn(C)cc1-c1ccc2c(c1)CCCN2C(C)C. The van der Waals surface area contributed by atoms with Crippen molar-refractivity contribution in [2.75, 3.05) is 11.4 Å². The predicted octanol–water partition coefficient (Wildman–Crippen LogP) is 3.56. The molecule has 0 atom stereocenters. The Morgan fingerprint density at radius 2 is 2.05 bits per heavy atom. The summed E-state index contributed by atoms with van der Waals surface area (Å²) < 4.78 is 1.89. The van der Waals surface area contributed by atoms with Gasteiger partial charge in [-0.05, 0) is 56.9 Å². The van der Waals surface area contributed by atoms with Crippen LogP contribution in [0.25, 0.3) is 11.1 Å². The smallest absolute Gasteiger partial charge is 0.0671 e. The van der Waals surface area contributed by atoms with Crippen LogP contribution in [0.3, 0.4) is 0 Å². The van der Waals surface area contributed by atoms with Crippen molar-refractivity contribution < 1.29 is 0 Å². The van der Waals surface area contributed by atoms with Gasteiger partial charge in [0.2, 0.25) is 0 Å². The van der Waals surface area contributed by atoms with E-state index in [9.17, 15) is 0 Å². The van der Waals surface area contributed by atoms with Gasteiger partial charge < -0.3 is 4.90 Å². The molecule has 3 nitrogen and oxygen atoms in total. The van der Waals surface area contributed by atoms with Gasteiger partial charge >= 0.3 is 0 Å². The summed E-state index contributed by atoms with van der Waals surface area (Å²) in [6, 6.07) is 7.45. The highest BCUT2D eigenvalue weighted by atomic mass is 15.2. The summed E-state index contributed by atoms with van der Waals surface area (Å²) >= 11 is 0. The van der Waals surface area contributed by atoms with Gasteiger partial charge in [-0.2, -0.15) is 5.10 Å². The van der Waals surface area contributed by atoms with Crippen LogP contribution in [0.4, 0.5) is 5.69 Å². The van der Waals surface area contributed by atoms with Crippen molar-refractivity contribution >= 4 is 5.69 Å². The van der Waals surface area contributed by atoms with E-state index in [1.165, 1.54) is 41.8 Å². The maximum absolute atomic E-state index is 4.45. The largest absolute Gasteiger partial charge is 0.369 e. The van der Waals surface area contributed by atoms with Crippen LogP contribution in [0.5, 0.6) is 0 Å². The zero-order valence-corrected chi connectivity index (χ0v) is 12.8. The molecule has 0 saturated carbocycles. The van der Waals surface area contributed by atoms with Crippen LogP contribution in [0.1, 0.15) is 31.5 Å². The quantitative estimate of drug-likeness (QED) is 0.831. The van der Waals surface area contributed by atoms with Gasteiger partial charge in [0.15, 0.2) is 0 Å². The maximum Gasteiger partial charge on any atom is 0.0671 e. The zero-order valence-electron chi connectivity index (χ0n) is 12.8. The molecule has 106 valence electrons. The molecule has 0 N–H and O–H groups in total. The Kier molecular flexibility index (Phi) is 3.28. The second-order valence-corrected chi connectivity index (χ2v) is 6.04. The van der Waals surface area contributed by atoms with E-state index in [0.29, 0.717) is 6.04 Å². The Balaban J connectivity index is 2.03. The summed E-state index contributed by atoms with van der Waals surface area (Å²) in [5, 5.41) is 4.45. The number of anilines is 1. The number of nitrogens with zero attached hydrogens (tertiary/aromatic N) is 3. The minimum absolute atomic E-state index is 0.569. The number of hydrogen-bond acceptors (Lipinski definition) is 2. The molecule has 20 heavy (non-hydrogen) atoms. The molecular weight excluding hydrogens is 246 g/mol. The molecule has 0 aliphatic carbocycles. The lowest BCUT2D eigenvalue weighted by Crippen LogP contribution is -2.35. The van der Waals surface area contributed by atoms with Gasteiger partial charge in [-0.1, -0.05) is 6.07 Å². The van der Waals surface area contributed by atoms with Gasteiger partial charge in [-0.25, -0.2) is 0 Å². The van der Waals surface area contributed by atoms with Gasteiger partial charge in [0.05, 0.1) is 5.69 Å². The first-order valence-corrected chi connectivity index (χ1v) is 7.46. The average Bonchev–Trinajstić information content (AvgIpc) is 2.76. The normalized spacial score (nSPS) is 14.8. The maximum atomic E-state index is 4.45. The van der Waals surface area contributed by atoms with E-state index in [4.69, 9.17) is 0 Å². The van der Waals surface area contributed by atoms with E-state index in [1.807, 2.05) is 11.7 Å². The first kappa shape index (κ1) is 13.2. The van der Waals surface area contributed by atoms with Crippen molar-refractivity contribution in [1.82, 2.24) is 9.78 Å². The minimum Gasteiger partial charge on any atom is -0.369 e. The van der Waals surface area contributed by atoms with Crippen LogP contribution in [0.15, 0.2) is 24.4 Å². The van der Waals surface area contributed by atoms with Crippen LogP contribution in [0.2, 0.25) is 0 Å². The molecule has 3 heteroatoms. The topological polar surface area (TPSA) is 21.1 Å². The molecule has 0 radical (unpaired) electrons. The fraction of sp³-hybridized carbons (Fsp3) is 0.471. The minimum atomic E-state index is 0.569. The van der Waals surface area contributed by atoms with Crippen LogP contribution in [-0.4, -0.2) is 22.4 Å². The third-order valence-corrected chi connectivity index (χ3v) is 4.18. The van der Waals surface area contributed by atoms with Gasteiger partial charge in [-0.3, -0.25) is 4.68 Å². The molecule has 2 heterocycles. The molecule has 1 aromatic carbocycles. The van der Waals surface area contributed by atoms with Gasteiger partial charge in [0, 0.05) is 37.1 Å². The van der Waals surface area contributed by atoms with Crippen molar-refractivity contribution in [3.63, 3.8) is 0 Å². The third kappa shape index (κ3) is 2.21. The highest BCUT2D eigenvalue weighted by Crippen LogP contribution is 2.33. The summed E-state index contributed by atoms with van der Waals surface area (Å²) in [6.07, 6.45) is 4.55. The van der Waals surface area contributed by atoms with E-state index in [1.54, 1.807) is 0 Å². The van der Waals surface area contributed by atoms with E-state index < -0.39 is 0 Å². The molecular formula is C17H23N3. The van der Waals surface area contributed by atoms with Crippen molar-refractivity contribution in [3.8, 4) is 11.1 Å². The molecule has 3 rings (SSSR count). The van der Waals surface area contributed by atoms with Crippen LogP contribution < -0.4 is 4.90 Å². The van der Waals surface area contributed by atoms with Gasteiger partial charge in [0.25, 0.3) is 0 Å². The van der Waals surface area contributed by atoms with Crippen LogP contribution in [-0.2, 0) is 13.5 Å².